The van der Waals surface area contributed by atoms with E-state index in [0.29, 0.717) is 106 Å². The van der Waals surface area contributed by atoms with Crippen molar-refractivity contribution in [3.8, 4) is 6.07 Å². The van der Waals surface area contributed by atoms with Gasteiger partial charge in [0, 0.05) is 259 Å². The van der Waals surface area contributed by atoms with Crippen molar-refractivity contribution in [2.24, 2.45) is 0 Å². The van der Waals surface area contributed by atoms with Crippen LogP contribution in [0.25, 0.3) is 63.4 Å². The molecular formula is C96H125F9N26O5S5. The number of nitriles is 1. The fourth-order valence-corrected chi connectivity index (χ4v) is 25.6. The molecule has 15 heterocycles. The number of sulfonamides is 1. The molecule has 12 aromatic rings. The van der Waals surface area contributed by atoms with Gasteiger partial charge in [0.2, 0.25) is 34.3 Å². The highest BCUT2D eigenvalue weighted by Crippen LogP contribution is 2.41. The van der Waals surface area contributed by atoms with Gasteiger partial charge in [-0.05, 0) is 182 Å². The number of carbonyl (C=O) groups is 1. The maximum Gasteiger partial charge on any atom is 0.393 e. The summed E-state index contributed by atoms with van der Waals surface area (Å²) in [5.74, 6) is 1.63. The van der Waals surface area contributed by atoms with Crippen LogP contribution in [0, 0.1) is 45.9 Å². The van der Waals surface area contributed by atoms with Gasteiger partial charge in [0.15, 0.2) is 0 Å². The Morgan fingerprint density at radius 3 is 1.04 bits per heavy atom. The highest BCUT2D eigenvalue weighted by Gasteiger charge is 2.37. The number of nitrogens with one attached hydrogen (secondary N) is 4. The fourth-order valence-electron chi connectivity index (χ4n) is 20.7. The monoisotopic (exact) mass is 2050 g/mol. The average Bonchev–Trinajstić information content (AvgIpc) is 1.63. The number of aromatic nitrogens is 9. The molecule has 31 nitrogen and oxygen atoms in total. The van der Waals surface area contributed by atoms with E-state index >= 15 is 0 Å². The van der Waals surface area contributed by atoms with Crippen LogP contribution in [-0.2, 0) is 83.6 Å². The Balaban J connectivity index is 0.000000152. The number of thiophene rings is 3. The Morgan fingerprint density at radius 2 is 0.738 bits per heavy atom. The van der Waals surface area contributed by atoms with Crippen molar-refractivity contribution >= 4 is 159 Å². The lowest BCUT2D eigenvalue weighted by atomic mass is 10.0. The zero-order valence-corrected chi connectivity index (χ0v) is 85.1. The molecule has 0 unspecified atom stereocenters. The molecule has 3 atom stereocenters. The van der Waals surface area contributed by atoms with Crippen LogP contribution in [0.1, 0.15) is 124 Å². The number of hydrogen-bond donors (Lipinski definition) is 7. The summed E-state index contributed by atoms with van der Waals surface area (Å²) in [6.45, 7) is 35.5. The number of carbonyl (C=O) groups excluding carboxylic acids is 1. The maximum absolute atomic E-state index is 13.0. The first kappa shape index (κ1) is 104. The number of anilines is 6. The molecular weight excluding hydrogens is 1930 g/mol. The number of piperazine rings is 3. The van der Waals surface area contributed by atoms with Crippen molar-refractivity contribution in [3.05, 3.63) is 138 Å². The van der Waals surface area contributed by atoms with Crippen LogP contribution in [0.4, 0.5) is 74.8 Å². The van der Waals surface area contributed by atoms with E-state index in [1.807, 2.05) is 11.0 Å². The first-order valence-corrected chi connectivity index (χ1v) is 53.7. The number of fused-ring (bicyclic) bond motifs is 6. The number of nitrogens with two attached hydrogens (primary N) is 3. The molecule has 1 amide bonds. The van der Waals surface area contributed by atoms with Crippen LogP contribution >= 0.6 is 34.0 Å². The van der Waals surface area contributed by atoms with Crippen LogP contribution in [0.15, 0.2) is 72.8 Å². The number of hydrogen-bond acceptors (Lipinski definition) is 27. The molecule has 18 rings (SSSR count). The molecule has 0 aliphatic carbocycles. The number of nitrogens with zero attached hydrogens (tertiary/aromatic N) is 19. The molecule has 6 fully saturated rings. The Hall–Kier alpha value is -9.93. The predicted octanol–water partition coefficient (Wildman–Crippen LogP) is 14.2. The Bertz CT molecular complexity index is 6770. The quantitative estimate of drug-likeness (QED) is 0.0177. The first-order chi connectivity index (χ1) is 66.8. The van der Waals surface area contributed by atoms with Crippen molar-refractivity contribution in [2.45, 2.75) is 207 Å². The number of amides is 1. The number of piperidine rings is 3. The highest BCUT2D eigenvalue weighted by atomic mass is 32.2. The minimum absolute atomic E-state index is 0.0298. The van der Waals surface area contributed by atoms with Crippen molar-refractivity contribution in [3.63, 3.8) is 0 Å². The summed E-state index contributed by atoms with van der Waals surface area (Å²) in [7, 11) is -5.17. The molecule has 141 heavy (non-hydrogen) atoms. The summed E-state index contributed by atoms with van der Waals surface area (Å²) >= 11 is 3.01. The lowest BCUT2D eigenvalue weighted by Gasteiger charge is -2.37. The number of nitrogen functional groups attached to an aromatic ring is 3. The molecule has 6 aliphatic heterocycles. The largest absolute Gasteiger partial charge is 0.393 e. The minimum atomic E-state index is -4.30. The van der Waals surface area contributed by atoms with Gasteiger partial charge in [0.05, 0.1) is 41.7 Å². The summed E-state index contributed by atoms with van der Waals surface area (Å²) in [6.07, 6.45) is -8.45. The van der Waals surface area contributed by atoms with Crippen molar-refractivity contribution < 1.29 is 61.1 Å². The molecule has 10 N–H and O–H groups in total. The highest BCUT2D eigenvalue weighted by molar-refractivity contribution is 7.88. The van der Waals surface area contributed by atoms with Gasteiger partial charge in [-0.3, -0.25) is 34.2 Å². The molecule has 0 bridgehead atoms. The fraction of sp³-hybridized carbons (Fsp3) is 0.542. The van der Waals surface area contributed by atoms with Crippen LogP contribution in [-0.4, -0.2) is 296 Å². The summed E-state index contributed by atoms with van der Waals surface area (Å²) < 4.78 is 177. The van der Waals surface area contributed by atoms with Gasteiger partial charge in [0.1, 0.15) is 43.7 Å². The zero-order valence-electron chi connectivity index (χ0n) is 81.0. The van der Waals surface area contributed by atoms with E-state index in [9.17, 15) is 66.4 Å². The van der Waals surface area contributed by atoms with E-state index < -0.39 is 58.0 Å². The number of benzene rings is 3. The third kappa shape index (κ3) is 25.2. The second-order valence-corrected chi connectivity index (χ2v) is 45.7. The Morgan fingerprint density at radius 1 is 0.433 bits per heavy atom. The van der Waals surface area contributed by atoms with Gasteiger partial charge in [-0.1, -0.05) is 18.2 Å². The van der Waals surface area contributed by atoms with Gasteiger partial charge in [-0.15, -0.1) is 34.0 Å². The second-order valence-electron chi connectivity index (χ2n) is 38.5. The van der Waals surface area contributed by atoms with Gasteiger partial charge in [0.25, 0.3) is 10.2 Å². The molecule has 45 heteroatoms. The van der Waals surface area contributed by atoms with Crippen molar-refractivity contribution in [2.75, 3.05) is 164 Å². The van der Waals surface area contributed by atoms with E-state index in [2.05, 4.69) is 204 Å². The van der Waals surface area contributed by atoms with Crippen LogP contribution in [0.3, 0.4) is 0 Å². The van der Waals surface area contributed by atoms with E-state index in [1.54, 1.807) is 4.31 Å². The molecule has 6 saturated heterocycles. The molecule has 762 valence electrons. The third-order valence-electron chi connectivity index (χ3n) is 28.7. The normalized spacial score (nSPS) is 18.4. The second kappa shape index (κ2) is 43.2. The van der Waals surface area contributed by atoms with E-state index in [1.165, 1.54) is 96.8 Å². The summed E-state index contributed by atoms with van der Waals surface area (Å²) in [5, 5.41) is 25.7. The number of rotatable bonds is 28. The summed E-state index contributed by atoms with van der Waals surface area (Å²) in [4.78, 5) is 54.8. The molecule has 3 aromatic carbocycles. The van der Waals surface area contributed by atoms with Crippen LogP contribution in [0.5, 0.6) is 0 Å². The number of likely N-dealkylation sites (tertiary alicyclic amines) is 3. The molecule has 0 spiro atoms. The van der Waals surface area contributed by atoms with Crippen molar-refractivity contribution in [1.29, 1.82) is 5.26 Å². The number of aryl methyl sites for hydroxylation is 5. The van der Waals surface area contributed by atoms with E-state index in [4.69, 9.17) is 17.2 Å². The maximum atomic E-state index is 13.0. The van der Waals surface area contributed by atoms with Gasteiger partial charge in [-0.25, -0.2) is 28.1 Å². The Labute approximate surface area is 827 Å². The zero-order chi connectivity index (χ0) is 101. The van der Waals surface area contributed by atoms with Gasteiger partial charge >= 0.3 is 18.5 Å². The SMILES string of the molecule is CNS(=O)(=O)N1CCN([C@@H](C)Cn2c(C#N)cc3c(C)c(CN4CCC(Nc5nc(N)nc6sc(CC(F)(F)F)cc56)CC4)ccc32)CC1.Cc1c(CN2CCC(Nc3nc(N)nc4sc(CC(F)(F)F)cc34)CC2)ccc2c1cc(C)n2C[C@H](C)N1CCN(C=O)CC1.Cc1c(CN2CCC(Nc3nc(N)nc4sc(CC(F)(F)F)cc34)CC2)ccc2c1cc(C)n2C[C@H](C)N1CCN(S(C)(=O)=O)CC1. The lowest BCUT2D eigenvalue weighted by molar-refractivity contribution is -0.127. The minimum Gasteiger partial charge on any atom is -0.368 e. The van der Waals surface area contributed by atoms with Crippen LogP contribution < -0.4 is 37.9 Å². The summed E-state index contributed by atoms with van der Waals surface area (Å²) in [5.41, 5.74) is 31.8. The molecule has 0 saturated carbocycles. The third-order valence-corrected chi connectivity index (χ3v) is 34.7. The molecule has 6 aliphatic rings. The first-order valence-electron chi connectivity index (χ1n) is 47.9. The van der Waals surface area contributed by atoms with Gasteiger partial charge < -0.3 is 51.8 Å². The van der Waals surface area contributed by atoms with Crippen molar-refractivity contribution in [1.82, 2.24) is 91.2 Å². The summed E-state index contributed by atoms with van der Waals surface area (Å²) in [6, 6.07) is 27.8. The Kier molecular flexibility index (Phi) is 31.8. The van der Waals surface area contributed by atoms with E-state index in [-0.39, 0.29) is 62.7 Å². The van der Waals surface area contributed by atoms with Gasteiger partial charge in [-0.2, -0.15) is 76.8 Å². The molecule has 9 aromatic heterocycles. The number of alkyl halides is 9. The standard InChI is InChI=1S/C32H41F3N10O2S2.C32H43F3N8O2S2.C32H41F3N8OS/c1-20(43-10-12-44(13-11-43)49(46,47)38-3)18-45-24(17-36)14-26-21(2)22(4-5-28(26)45)19-42-8-6-23(7-9-42)39-29-27-15-25(16-32(33,34)35)48-30(27)41-31(37)40-29;1-20-15-26-22(3)23(5-6-28(26)43(20)18-21(2)41-11-13-42(14-12-41)47(4,44)45)19-40-9-7-24(8-10-40)37-29-27-16-25(17-32(33,34)35)46-30(27)39-31(36)38-29;1-20-14-26-22(3)23(4-5-28(26)43(20)17-21(2)42-12-10-41(19-44)11-13-42)18-40-8-6-24(7-9-40)37-29-27-15-25(16-32(33,34)35)45-30(27)39-31(36)38-29/h4-5,14-15,20,23,38H,6-13,16,18-19H2,1-3H3,(H3,37,39,40,41);5-6,15-16,21,24H,7-14,17-19H2,1-4H3,(H3,36,37,38,39);4-5,14-15,19,21,24H,6-13,16-18H2,1-3H3,(H3,36,37,38,39)/t20-;2*21-/m000/s1. The van der Waals surface area contributed by atoms with Crippen LogP contribution in [0.2, 0.25) is 0 Å². The average molecular weight is 2050 g/mol. The van der Waals surface area contributed by atoms with E-state index in [0.717, 1.165) is 207 Å². The molecule has 0 radical (unpaired) electrons. The lowest BCUT2D eigenvalue weighted by Crippen LogP contribution is -2.54. The smallest absolute Gasteiger partial charge is 0.368 e. The number of halogens is 9. The topological polar surface area (TPSA) is 357 Å². The predicted molar refractivity (Wildman–Crippen MR) is 541 cm³/mol.